The zero-order valence-corrected chi connectivity index (χ0v) is 9.10. The third-order valence-electron chi connectivity index (χ3n) is 3.39. The monoisotopic (exact) mass is 220 g/mol. The molecule has 0 saturated carbocycles. The van der Waals surface area contributed by atoms with E-state index in [0.29, 0.717) is 25.9 Å². The molecule has 1 saturated heterocycles. The predicted octanol–water partition coefficient (Wildman–Crippen LogP) is 0.978. The zero-order chi connectivity index (χ0) is 11.6. The van der Waals surface area contributed by atoms with Gasteiger partial charge >= 0.3 is 5.97 Å². The lowest BCUT2D eigenvalue weighted by atomic mass is 9.73. The number of carboxylic acid groups (broad SMARTS) is 1. The van der Waals surface area contributed by atoms with Crippen LogP contribution < -0.4 is 5.84 Å². The van der Waals surface area contributed by atoms with Crippen molar-refractivity contribution in [2.75, 3.05) is 13.1 Å². The van der Waals surface area contributed by atoms with Gasteiger partial charge in [-0.3, -0.25) is 10.6 Å². The van der Waals surface area contributed by atoms with E-state index in [2.05, 4.69) is 0 Å². The third-order valence-corrected chi connectivity index (χ3v) is 3.39. The van der Waals surface area contributed by atoms with Gasteiger partial charge in [0, 0.05) is 13.1 Å². The van der Waals surface area contributed by atoms with E-state index in [-0.39, 0.29) is 0 Å². The van der Waals surface area contributed by atoms with E-state index < -0.39 is 11.4 Å². The largest absolute Gasteiger partial charge is 0.481 e. The zero-order valence-electron chi connectivity index (χ0n) is 9.10. The van der Waals surface area contributed by atoms with Gasteiger partial charge in [0.15, 0.2) is 0 Å². The number of hydrogen-bond acceptors (Lipinski definition) is 3. The standard InChI is InChI=1S/C12H16N2O2/c13-14-8-6-12(7-9-14,11(15)16)10-4-2-1-3-5-10/h1-5H,6-9,13H2,(H,15,16). The highest BCUT2D eigenvalue weighted by atomic mass is 16.4. The molecule has 1 aromatic rings. The van der Waals surface area contributed by atoms with E-state index >= 15 is 0 Å². The molecule has 0 atom stereocenters. The lowest BCUT2D eigenvalue weighted by Gasteiger charge is -2.37. The quantitative estimate of drug-likeness (QED) is 0.729. The molecule has 0 amide bonds. The van der Waals surface area contributed by atoms with Gasteiger partial charge in [0.25, 0.3) is 0 Å². The van der Waals surface area contributed by atoms with Gasteiger partial charge in [0.05, 0.1) is 5.41 Å². The van der Waals surface area contributed by atoms with Crippen LogP contribution in [0.5, 0.6) is 0 Å². The number of carboxylic acids is 1. The molecule has 2 rings (SSSR count). The average Bonchev–Trinajstić information content (AvgIpc) is 2.31. The Balaban J connectivity index is 2.34. The minimum atomic E-state index is -0.753. The number of carbonyl (C=O) groups is 1. The summed E-state index contributed by atoms with van der Waals surface area (Å²) in [5.41, 5.74) is 0.132. The van der Waals surface area contributed by atoms with Crippen molar-refractivity contribution in [2.45, 2.75) is 18.3 Å². The molecule has 1 heterocycles. The maximum Gasteiger partial charge on any atom is 0.314 e. The van der Waals surface area contributed by atoms with Crippen molar-refractivity contribution in [3.05, 3.63) is 35.9 Å². The molecule has 3 N–H and O–H groups in total. The van der Waals surface area contributed by atoms with E-state index in [0.717, 1.165) is 5.56 Å². The fraction of sp³-hybridized carbons (Fsp3) is 0.417. The molecule has 0 bridgehead atoms. The number of aliphatic carboxylic acids is 1. The van der Waals surface area contributed by atoms with E-state index in [9.17, 15) is 9.90 Å². The third kappa shape index (κ3) is 1.81. The second-order valence-corrected chi connectivity index (χ2v) is 4.29. The predicted molar refractivity (Wildman–Crippen MR) is 60.8 cm³/mol. The van der Waals surface area contributed by atoms with Crippen LogP contribution in [0.1, 0.15) is 18.4 Å². The maximum atomic E-state index is 11.5. The Hall–Kier alpha value is -1.39. The molecule has 1 aliphatic heterocycles. The Morgan fingerprint density at radius 3 is 2.31 bits per heavy atom. The molecule has 1 fully saturated rings. The van der Waals surface area contributed by atoms with E-state index in [1.165, 1.54) is 0 Å². The first-order valence-electron chi connectivity index (χ1n) is 5.44. The van der Waals surface area contributed by atoms with Crippen LogP contribution in [0.2, 0.25) is 0 Å². The molecule has 0 radical (unpaired) electrons. The van der Waals surface area contributed by atoms with Crippen LogP contribution in [0, 0.1) is 0 Å². The molecule has 0 spiro atoms. The normalized spacial score (nSPS) is 20.6. The summed E-state index contributed by atoms with van der Waals surface area (Å²) >= 11 is 0. The molecule has 0 aromatic heterocycles. The van der Waals surface area contributed by atoms with Crippen molar-refractivity contribution in [1.29, 1.82) is 0 Å². The van der Waals surface area contributed by atoms with Gasteiger partial charge in [-0.25, -0.2) is 5.01 Å². The highest BCUT2D eigenvalue weighted by Gasteiger charge is 2.42. The number of rotatable bonds is 2. The highest BCUT2D eigenvalue weighted by molar-refractivity contribution is 5.81. The molecule has 0 aliphatic carbocycles. The molecular weight excluding hydrogens is 204 g/mol. The van der Waals surface area contributed by atoms with Crippen LogP contribution in [0.3, 0.4) is 0 Å². The topological polar surface area (TPSA) is 66.6 Å². The molecule has 4 nitrogen and oxygen atoms in total. The van der Waals surface area contributed by atoms with Crippen LogP contribution in [0.4, 0.5) is 0 Å². The van der Waals surface area contributed by atoms with E-state index in [1.54, 1.807) is 5.01 Å². The molecule has 16 heavy (non-hydrogen) atoms. The second-order valence-electron chi connectivity index (χ2n) is 4.29. The maximum absolute atomic E-state index is 11.5. The lowest BCUT2D eigenvalue weighted by molar-refractivity contribution is -0.146. The Labute approximate surface area is 94.6 Å². The summed E-state index contributed by atoms with van der Waals surface area (Å²) in [5, 5.41) is 11.2. The first-order valence-corrected chi connectivity index (χ1v) is 5.44. The molecule has 4 heteroatoms. The summed E-state index contributed by atoms with van der Waals surface area (Å²) in [6.45, 7) is 1.25. The van der Waals surface area contributed by atoms with Crippen LogP contribution in [0.15, 0.2) is 30.3 Å². The van der Waals surface area contributed by atoms with Crippen molar-refractivity contribution in [3.8, 4) is 0 Å². The Bertz CT molecular complexity index is 370. The summed E-state index contributed by atoms with van der Waals surface area (Å²) in [5.74, 6) is 4.93. The minimum absolute atomic E-state index is 0.572. The van der Waals surface area contributed by atoms with Gasteiger partial charge in [0.1, 0.15) is 0 Å². The Kier molecular flexibility index (Phi) is 2.94. The molecule has 0 unspecified atom stereocenters. The van der Waals surface area contributed by atoms with Gasteiger partial charge in [-0.2, -0.15) is 0 Å². The van der Waals surface area contributed by atoms with Gasteiger partial charge in [-0.15, -0.1) is 0 Å². The van der Waals surface area contributed by atoms with Crippen molar-refractivity contribution in [3.63, 3.8) is 0 Å². The Morgan fingerprint density at radius 2 is 1.81 bits per heavy atom. The number of hydrazine groups is 1. The molecular formula is C12H16N2O2. The number of nitrogens with zero attached hydrogens (tertiary/aromatic N) is 1. The van der Waals surface area contributed by atoms with Crippen molar-refractivity contribution >= 4 is 5.97 Å². The average molecular weight is 220 g/mol. The van der Waals surface area contributed by atoms with Crippen LogP contribution >= 0.6 is 0 Å². The summed E-state index contributed by atoms with van der Waals surface area (Å²) in [6, 6.07) is 9.45. The first-order chi connectivity index (χ1) is 7.65. The second kappa shape index (κ2) is 4.23. The smallest absolute Gasteiger partial charge is 0.314 e. The number of nitrogens with two attached hydrogens (primary N) is 1. The summed E-state index contributed by atoms with van der Waals surface area (Å²) in [6.07, 6.45) is 1.14. The highest BCUT2D eigenvalue weighted by Crippen LogP contribution is 2.35. The fourth-order valence-electron chi connectivity index (χ4n) is 2.29. The van der Waals surface area contributed by atoms with Gasteiger partial charge < -0.3 is 5.11 Å². The minimum Gasteiger partial charge on any atom is -0.481 e. The first kappa shape index (κ1) is 11.1. The van der Waals surface area contributed by atoms with Gasteiger partial charge in [0.2, 0.25) is 0 Å². The summed E-state index contributed by atoms with van der Waals surface area (Å²) in [7, 11) is 0. The van der Waals surface area contributed by atoms with Crippen LogP contribution in [-0.4, -0.2) is 29.2 Å². The SMILES string of the molecule is NN1CCC(C(=O)O)(c2ccccc2)CC1. The molecule has 1 aromatic carbocycles. The van der Waals surface area contributed by atoms with Crippen molar-refractivity contribution < 1.29 is 9.90 Å². The molecule has 1 aliphatic rings. The van der Waals surface area contributed by atoms with Gasteiger partial charge in [-0.05, 0) is 18.4 Å². The number of hydrogen-bond donors (Lipinski definition) is 2. The molecule has 86 valence electrons. The van der Waals surface area contributed by atoms with E-state index in [1.807, 2.05) is 30.3 Å². The summed E-state index contributed by atoms with van der Waals surface area (Å²) < 4.78 is 0. The van der Waals surface area contributed by atoms with Crippen LogP contribution in [-0.2, 0) is 10.2 Å². The fourth-order valence-corrected chi connectivity index (χ4v) is 2.29. The number of piperidine rings is 1. The van der Waals surface area contributed by atoms with Crippen molar-refractivity contribution in [2.24, 2.45) is 5.84 Å². The van der Waals surface area contributed by atoms with Crippen molar-refractivity contribution in [1.82, 2.24) is 5.01 Å². The lowest BCUT2D eigenvalue weighted by Crippen LogP contribution is -2.49. The van der Waals surface area contributed by atoms with Gasteiger partial charge in [-0.1, -0.05) is 30.3 Å². The summed E-state index contributed by atoms with van der Waals surface area (Å²) in [4.78, 5) is 11.5. The van der Waals surface area contributed by atoms with Crippen LogP contribution in [0.25, 0.3) is 0 Å². The Morgan fingerprint density at radius 1 is 1.25 bits per heavy atom. The number of benzene rings is 1. The van der Waals surface area contributed by atoms with E-state index in [4.69, 9.17) is 5.84 Å².